The molecule has 0 aliphatic carbocycles. The molecule has 2 heteroatoms. The summed E-state index contributed by atoms with van der Waals surface area (Å²) in [4.78, 5) is 2.90. The SMILES string of the molecule is [c]1[nH]cc2ccsc12. The van der Waals surface area contributed by atoms with E-state index in [-0.39, 0.29) is 0 Å². The summed E-state index contributed by atoms with van der Waals surface area (Å²) in [5, 5.41) is 3.32. The molecule has 8 heavy (non-hydrogen) atoms. The van der Waals surface area contributed by atoms with Crippen LogP contribution >= 0.6 is 11.3 Å². The van der Waals surface area contributed by atoms with Crippen LogP contribution in [0.2, 0.25) is 0 Å². The Kier molecular flexibility index (Phi) is 0.704. The Labute approximate surface area is 51.0 Å². The molecule has 2 aromatic heterocycles. The topological polar surface area (TPSA) is 15.8 Å². The minimum atomic E-state index is 1.21. The summed E-state index contributed by atoms with van der Waals surface area (Å²) in [6.07, 6.45) is 4.94. The Morgan fingerprint density at radius 2 is 2.62 bits per heavy atom. The minimum Gasteiger partial charge on any atom is -0.358 e. The Bertz CT molecular complexity index is 230. The molecule has 39 valence electrons. The van der Waals surface area contributed by atoms with Crippen molar-refractivity contribution in [3.8, 4) is 0 Å². The van der Waals surface area contributed by atoms with E-state index < -0.39 is 0 Å². The minimum absolute atomic E-state index is 1.21. The molecule has 2 heterocycles. The molecular weight excluding hydrogens is 118 g/mol. The molecule has 0 atom stereocenters. The lowest BCUT2D eigenvalue weighted by Crippen LogP contribution is -1.44. The number of thiophene rings is 1. The third-order valence-electron chi connectivity index (χ3n) is 1.11. The van der Waals surface area contributed by atoms with Crippen molar-refractivity contribution in [3.63, 3.8) is 0 Å². The van der Waals surface area contributed by atoms with E-state index in [2.05, 4.69) is 22.6 Å². The zero-order valence-electron chi connectivity index (χ0n) is 4.14. The monoisotopic (exact) mass is 122 g/mol. The van der Waals surface area contributed by atoms with Gasteiger partial charge in [-0.2, -0.15) is 0 Å². The highest BCUT2D eigenvalue weighted by molar-refractivity contribution is 7.17. The lowest BCUT2D eigenvalue weighted by Gasteiger charge is -1.62. The molecule has 0 spiro atoms. The van der Waals surface area contributed by atoms with Gasteiger partial charge in [-0.25, -0.2) is 0 Å². The number of nitrogens with one attached hydrogen (secondary N) is 1. The van der Waals surface area contributed by atoms with Crippen LogP contribution in [0.4, 0.5) is 0 Å². The van der Waals surface area contributed by atoms with E-state index in [4.69, 9.17) is 0 Å². The van der Waals surface area contributed by atoms with Crippen molar-refractivity contribution in [1.82, 2.24) is 4.98 Å². The van der Waals surface area contributed by atoms with Crippen molar-refractivity contribution < 1.29 is 0 Å². The Hall–Kier alpha value is -0.760. The van der Waals surface area contributed by atoms with Crippen LogP contribution in [0, 0.1) is 6.20 Å². The molecule has 0 aromatic carbocycles. The van der Waals surface area contributed by atoms with Gasteiger partial charge in [-0.05, 0) is 11.4 Å². The van der Waals surface area contributed by atoms with Gasteiger partial charge in [-0.3, -0.25) is 0 Å². The van der Waals surface area contributed by atoms with E-state index in [0.717, 1.165) is 0 Å². The quantitative estimate of drug-likeness (QED) is 0.550. The molecule has 2 rings (SSSR count). The smallest absolute Gasteiger partial charge is 0.0815 e. The second-order valence-electron chi connectivity index (χ2n) is 1.62. The van der Waals surface area contributed by atoms with Crippen LogP contribution in [0.5, 0.6) is 0 Å². The molecule has 2 aromatic rings. The maximum Gasteiger partial charge on any atom is 0.0815 e. The average molecular weight is 122 g/mol. The molecule has 0 amide bonds. The van der Waals surface area contributed by atoms with Gasteiger partial charge in [0.05, 0.1) is 10.9 Å². The number of hydrogen-bond donors (Lipinski definition) is 1. The molecule has 0 saturated carbocycles. The number of H-pyrrole nitrogens is 1. The Balaban J connectivity index is 3.06. The molecule has 1 radical (unpaired) electrons. The van der Waals surface area contributed by atoms with Crippen LogP contribution in [-0.4, -0.2) is 4.98 Å². The van der Waals surface area contributed by atoms with Crippen molar-refractivity contribution in [2.75, 3.05) is 0 Å². The summed E-state index contributed by atoms with van der Waals surface area (Å²) in [5.74, 6) is 0. The summed E-state index contributed by atoms with van der Waals surface area (Å²) in [7, 11) is 0. The first-order valence-corrected chi connectivity index (χ1v) is 3.27. The maximum absolute atomic E-state index is 2.99. The number of aromatic nitrogens is 1. The summed E-state index contributed by atoms with van der Waals surface area (Å²) in [6.45, 7) is 0. The first-order valence-electron chi connectivity index (χ1n) is 2.39. The number of aromatic amines is 1. The largest absolute Gasteiger partial charge is 0.358 e. The molecule has 0 saturated heterocycles. The fourth-order valence-corrected chi connectivity index (χ4v) is 1.45. The molecular formula is C6H4NS. The first kappa shape index (κ1) is 4.15. The van der Waals surface area contributed by atoms with E-state index in [0.29, 0.717) is 0 Å². The molecule has 0 aliphatic heterocycles. The highest BCUT2D eigenvalue weighted by atomic mass is 32.1. The van der Waals surface area contributed by atoms with E-state index in [9.17, 15) is 0 Å². The van der Waals surface area contributed by atoms with Crippen molar-refractivity contribution in [1.29, 1.82) is 0 Å². The van der Waals surface area contributed by atoms with E-state index >= 15 is 0 Å². The van der Waals surface area contributed by atoms with E-state index in [1.165, 1.54) is 10.1 Å². The molecule has 0 unspecified atom stereocenters. The number of rotatable bonds is 0. The van der Waals surface area contributed by atoms with Crippen LogP contribution in [0.15, 0.2) is 17.6 Å². The van der Waals surface area contributed by atoms with Gasteiger partial charge in [-0.1, -0.05) is 0 Å². The lowest BCUT2D eigenvalue weighted by molar-refractivity contribution is 1.41. The zero-order valence-corrected chi connectivity index (χ0v) is 4.96. The second-order valence-corrected chi connectivity index (χ2v) is 2.53. The van der Waals surface area contributed by atoms with Gasteiger partial charge < -0.3 is 4.98 Å². The molecule has 0 aliphatic rings. The predicted octanol–water partition coefficient (Wildman–Crippen LogP) is 2.03. The molecule has 0 bridgehead atoms. The molecule has 1 N–H and O–H groups in total. The van der Waals surface area contributed by atoms with E-state index in [1.54, 1.807) is 11.3 Å². The van der Waals surface area contributed by atoms with E-state index in [1.807, 2.05) is 6.20 Å². The van der Waals surface area contributed by atoms with Crippen molar-refractivity contribution >= 4 is 21.4 Å². The van der Waals surface area contributed by atoms with Gasteiger partial charge in [0.1, 0.15) is 0 Å². The lowest BCUT2D eigenvalue weighted by atomic mass is 10.4. The van der Waals surface area contributed by atoms with Crippen LogP contribution in [-0.2, 0) is 0 Å². The fourth-order valence-electron chi connectivity index (χ4n) is 0.714. The molecule has 0 fully saturated rings. The standard InChI is InChI=1S/C6H4NS/c1-2-8-6-4-7-3-5(1)6/h1-3,7H. The van der Waals surface area contributed by atoms with Crippen molar-refractivity contribution in [2.45, 2.75) is 0 Å². The normalized spacial score (nSPS) is 10.5. The summed E-state index contributed by atoms with van der Waals surface area (Å²) < 4.78 is 1.21. The Morgan fingerprint density at radius 1 is 1.62 bits per heavy atom. The zero-order chi connectivity index (χ0) is 5.40. The van der Waals surface area contributed by atoms with Crippen LogP contribution in [0.25, 0.3) is 10.1 Å². The van der Waals surface area contributed by atoms with Gasteiger partial charge in [-0.15, -0.1) is 11.3 Å². The fraction of sp³-hybridized carbons (Fsp3) is 0. The van der Waals surface area contributed by atoms with Gasteiger partial charge in [0.25, 0.3) is 0 Å². The third-order valence-corrected chi connectivity index (χ3v) is 1.95. The number of fused-ring (bicyclic) bond motifs is 1. The maximum atomic E-state index is 2.99. The second kappa shape index (κ2) is 1.36. The van der Waals surface area contributed by atoms with Crippen LogP contribution in [0.3, 0.4) is 0 Å². The highest BCUT2D eigenvalue weighted by Gasteiger charge is 1.90. The molecule has 1 nitrogen and oxygen atoms in total. The van der Waals surface area contributed by atoms with Crippen LogP contribution in [0.1, 0.15) is 0 Å². The predicted molar refractivity (Wildman–Crippen MR) is 35.0 cm³/mol. The Morgan fingerprint density at radius 3 is 3.50 bits per heavy atom. The number of hydrogen-bond acceptors (Lipinski definition) is 1. The van der Waals surface area contributed by atoms with Gasteiger partial charge in [0, 0.05) is 11.6 Å². The van der Waals surface area contributed by atoms with Gasteiger partial charge in [0.15, 0.2) is 0 Å². The summed E-state index contributed by atoms with van der Waals surface area (Å²) >= 11 is 1.71. The summed E-state index contributed by atoms with van der Waals surface area (Å²) in [5.41, 5.74) is 0. The van der Waals surface area contributed by atoms with Gasteiger partial charge >= 0.3 is 0 Å². The van der Waals surface area contributed by atoms with Gasteiger partial charge in [0.2, 0.25) is 0 Å². The van der Waals surface area contributed by atoms with Crippen molar-refractivity contribution in [2.24, 2.45) is 0 Å². The third kappa shape index (κ3) is 0.406. The highest BCUT2D eigenvalue weighted by Crippen LogP contribution is 2.17. The first-order chi connectivity index (χ1) is 3.97. The average Bonchev–Trinajstić information content (AvgIpc) is 2.15. The summed E-state index contributed by atoms with van der Waals surface area (Å²) in [6, 6.07) is 2.08. The van der Waals surface area contributed by atoms with Crippen LogP contribution < -0.4 is 0 Å². The van der Waals surface area contributed by atoms with Crippen molar-refractivity contribution in [3.05, 3.63) is 23.8 Å².